The number of rotatable bonds is 5. The lowest BCUT2D eigenvalue weighted by molar-refractivity contribution is -0.0964. The molecule has 0 aliphatic carbocycles. The molecule has 0 saturated carbocycles. The Bertz CT molecular complexity index is 1320. The van der Waals surface area contributed by atoms with Gasteiger partial charge in [-0.1, -0.05) is 0 Å². The average Bonchev–Trinajstić information content (AvgIpc) is 3.41. The van der Waals surface area contributed by atoms with Crippen molar-refractivity contribution in [1.29, 1.82) is 0 Å². The maximum Gasteiger partial charge on any atom is 0.487 e. The van der Waals surface area contributed by atoms with Crippen LogP contribution in [-0.4, -0.2) is 32.6 Å². The molecule has 33 heavy (non-hydrogen) atoms. The van der Waals surface area contributed by atoms with E-state index >= 15 is 0 Å². The van der Waals surface area contributed by atoms with Crippen molar-refractivity contribution in [3.05, 3.63) is 59.5 Å². The highest BCUT2D eigenvalue weighted by Gasteiger charge is 2.28. The minimum Gasteiger partial charge on any atom is -0.420 e. The van der Waals surface area contributed by atoms with Gasteiger partial charge in [-0.15, -0.1) is 20.1 Å². The van der Waals surface area contributed by atoms with Gasteiger partial charge in [0.1, 0.15) is 18.2 Å². The second-order valence-corrected chi connectivity index (χ2v) is 8.87. The largest absolute Gasteiger partial charge is 0.487 e. The van der Waals surface area contributed by atoms with Gasteiger partial charge in [0.25, 0.3) is 5.91 Å². The average molecular weight is 491 g/mol. The number of carbonyl (C=O) groups excluding carboxylic acids is 1. The highest BCUT2D eigenvalue weighted by Crippen LogP contribution is 2.36. The third kappa shape index (κ3) is 4.41. The van der Waals surface area contributed by atoms with Crippen molar-refractivity contribution in [2.75, 3.05) is 11.9 Å². The number of imidazole rings is 1. The quantitative estimate of drug-likeness (QED) is 0.365. The highest BCUT2D eigenvalue weighted by molar-refractivity contribution is 7.13. The van der Waals surface area contributed by atoms with E-state index in [0.717, 1.165) is 21.8 Å². The van der Waals surface area contributed by atoms with E-state index in [9.17, 15) is 13.6 Å². The predicted octanol–water partition coefficient (Wildman–Crippen LogP) is 5.67. The van der Waals surface area contributed by atoms with Crippen LogP contribution < -0.4 is 10.1 Å². The minimum absolute atomic E-state index is 0.103. The summed E-state index contributed by atoms with van der Waals surface area (Å²) < 4.78 is 37.6. The van der Waals surface area contributed by atoms with Gasteiger partial charge in [-0.2, -0.15) is 0 Å². The molecule has 7 nitrogen and oxygen atoms in total. The summed E-state index contributed by atoms with van der Waals surface area (Å²) >= 11 is 6.25. The van der Waals surface area contributed by atoms with Gasteiger partial charge in [0, 0.05) is 34.6 Å². The summed E-state index contributed by atoms with van der Waals surface area (Å²) in [5, 5.41) is 2.77. The number of fused-ring (bicyclic) bond motifs is 3. The van der Waals surface area contributed by atoms with Gasteiger partial charge in [0.2, 0.25) is 0 Å². The number of benzene rings is 2. The van der Waals surface area contributed by atoms with Crippen molar-refractivity contribution < 1.29 is 23.0 Å². The van der Waals surface area contributed by atoms with Gasteiger partial charge in [-0.3, -0.25) is 9.78 Å². The first-order valence-electron chi connectivity index (χ1n) is 9.97. The molecule has 0 spiro atoms. The Morgan fingerprint density at radius 3 is 2.82 bits per heavy atom. The standard InChI is InChI=1S/C22H17ClF2N4O3S/c1-12-9-31-10-19-28-17-7-13(6-16(20(17)29(12)19)18-8-26-11-33-18)21(30)27-14-2-4-15(5-3-14)32-22(23,24)25/h2-8,11-12H,9-10H2,1H3,(H,27,30)/t12-/m1/s1. The molecule has 11 heteroatoms. The lowest BCUT2D eigenvalue weighted by Gasteiger charge is -2.23. The molecule has 1 N–H and O–H groups in total. The smallest absolute Gasteiger partial charge is 0.420 e. The molecule has 0 radical (unpaired) electrons. The van der Waals surface area contributed by atoms with Crippen LogP contribution in [0.2, 0.25) is 0 Å². The molecule has 0 saturated heterocycles. The molecule has 0 unspecified atom stereocenters. The highest BCUT2D eigenvalue weighted by atomic mass is 35.5. The molecule has 3 heterocycles. The Balaban J connectivity index is 1.50. The molecule has 1 aliphatic rings. The zero-order chi connectivity index (χ0) is 23.2. The fourth-order valence-corrected chi connectivity index (χ4v) is 4.59. The number of ether oxygens (including phenoxy) is 2. The number of nitrogens with one attached hydrogen (secondary N) is 1. The number of halogens is 3. The van der Waals surface area contributed by atoms with Crippen LogP contribution in [0.3, 0.4) is 0 Å². The zero-order valence-corrected chi connectivity index (χ0v) is 18.8. The van der Waals surface area contributed by atoms with Gasteiger partial charge in [-0.25, -0.2) is 4.98 Å². The number of thiazole rings is 1. The van der Waals surface area contributed by atoms with Crippen molar-refractivity contribution >= 4 is 45.6 Å². The Morgan fingerprint density at radius 2 is 2.12 bits per heavy atom. The number of hydrogen-bond donors (Lipinski definition) is 1. The number of carbonyl (C=O) groups is 1. The van der Waals surface area contributed by atoms with E-state index in [-0.39, 0.29) is 17.7 Å². The predicted molar refractivity (Wildman–Crippen MR) is 121 cm³/mol. The zero-order valence-electron chi connectivity index (χ0n) is 17.2. The fourth-order valence-electron chi connectivity index (χ4n) is 3.86. The summed E-state index contributed by atoms with van der Waals surface area (Å²) in [6, 6.07) is 9.14. The van der Waals surface area contributed by atoms with Crippen molar-refractivity contribution in [3.8, 4) is 16.2 Å². The summed E-state index contributed by atoms with van der Waals surface area (Å²) in [5.74, 6) is 0.315. The van der Waals surface area contributed by atoms with Crippen LogP contribution in [0.1, 0.15) is 29.1 Å². The molecule has 1 atom stereocenters. The van der Waals surface area contributed by atoms with Crippen molar-refractivity contribution in [2.24, 2.45) is 0 Å². The van der Waals surface area contributed by atoms with Gasteiger partial charge in [0.15, 0.2) is 0 Å². The Morgan fingerprint density at radius 1 is 1.33 bits per heavy atom. The van der Waals surface area contributed by atoms with E-state index in [1.807, 2.05) is 6.07 Å². The molecule has 0 fully saturated rings. The summed E-state index contributed by atoms with van der Waals surface area (Å²) in [4.78, 5) is 22.9. The monoisotopic (exact) mass is 490 g/mol. The lowest BCUT2D eigenvalue weighted by Crippen LogP contribution is -2.21. The maximum atomic E-state index is 13.0. The van der Waals surface area contributed by atoms with E-state index in [4.69, 9.17) is 21.3 Å². The molecule has 2 aromatic carbocycles. The maximum absolute atomic E-state index is 13.0. The Kier molecular flexibility index (Phi) is 5.51. The normalized spacial score (nSPS) is 15.9. The summed E-state index contributed by atoms with van der Waals surface area (Å²) in [7, 11) is 0. The number of aromatic nitrogens is 3. The molecule has 0 bridgehead atoms. The third-order valence-corrected chi connectivity index (χ3v) is 6.08. The Hall–Kier alpha value is -3.08. The van der Waals surface area contributed by atoms with Gasteiger partial charge < -0.3 is 19.4 Å². The molecule has 1 aliphatic heterocycles. The second-order valence-electron chi connectivity index (χ2n) is 7.55. The second kappa shape index (κ2) is 8.36. The molecule has 5 rings (SSSR count). The molecular weight excluding hydrogens is 474 g/mol. The summed E-state index contributed by atoms with van der Waals surface area (Å²) in [6.45, 7) is 3.05. The van der Waals surface area contributed by atoms with Crippen LogP contribution in [-0.2, 0) is 11.3 Å². The van der Waals surface area contributed by atoms with Crippen LogP contribution in [0.5, 0.6) is 5.75 Å². The van der Waals surface area contributed by atoms with E-state index in [0.29, 0.717) is 30.0 Å². The molecule has 4 aromatic rings. The number of hydrogen-bond acceptors (Lipinski definition) is 6. The lowest BCUT2D eigenvalue weighted by atomic mass is 10.1. The van der Waals surface area contributed by atoms with Crippen LogP contribution in [0.4, 0.5) is 14.5 Å². The van der Waals surface area contributed by atoms with Crippen LogP contribution >= 0.6 is 22.9 Å². The molecule has 170 valence electrons. The SMILES string of the molecule is C[C@@H]1COCc2nc3cc(C(=O)Nc4ccc(OC(F)(F)Cl)cc4)cc(-c4cncs4)c3n21. The fraction of sp³-hybridized carbons (Fsp3) is 0.227. The van der Waals surface area contributed by atoms with E-state index in [1.54, 1.807) is 17.8 Å². The van der Waals surface area contributed by atoms with E-state index in [2.05, 4.69) is 26.5 Å². The third-order valence-electron chi connectivity index (χ3n) is 5.20. The van der Waals surface area contributed by atoms with E-state index in [1.165, 1.54) is 35.6 Å². The van der Waals surface area contributed by atoms with Crippen molar-refractivity contribution in [3.63, 3.8) is 0 Å². The Labute approximate surface area is 195 Å². The first kappa shape index (κ1) is 21.7. The minimum atomic E-state index is -3.81. The van der Waals surface area contributed by atoms with Gasteiger partial charge >= 0.3 is 5.57 Å². The number of amides is 1. The molecule has 2 aromatic heterocycles. The van der Waals surface area contributed by atoms with Crippen LogP contribution in [0.15, 0.2) is 48.1 Å². The topological polar surface area (TPSA) is 78.3 Å². The van der Waals surface area contributed by atoms with Crippen molar-refractivity contribution in [2.45, 2.75) is 25.1 Å². The number of alkyl halides is 3. The number of nitrogens with zero attached hydrogens (tertiary/aromatic N) is 3. The van der Waals surface area contributed by atoms with Crippen LogP contribution in [0.25, 0.3) is 21.5 Å². The first-order chi connectivity index (χ1) is 15.8. The first-order valence-corrected chi connectivity index (χ1v) is 11.2. The van der Waals surface area contributed by atoms with Crippen LogP contribution in [0, 0.1) is 0 Å². The summed E-state index contributed by atoms with van der Waals surface area (Å²) in [5.41, 5.74) is 1.23. The summed E-state index contributed by atoms with van der Waals surface area (Å²) in [6.07, 6.45) is 1.76. The van der Waals surface area contributed by atoms with Gasteiger partial charge in [-0.05, 0) is 43.3 Å². The van der Waals surface area contributed by atoms with E-state index < -0.39 is 5.57 Å². The van der Waals surface area contributed by atoms with Crippen molar-refractivity contribution in [1.82, 2.24) is 14.5 Å². The molecular formula is C22H17ClF2N4O3S. The number of anilines is 1. The van der Waals surface area contributed by atoms with Gasteiger partial charge in [0.05, 0.1) is 34.1 Å². The molecule has 1 amide bonds.